The van der Waals surface area contributed by atoms with Crippen LogP contribution in [-0.4, -0.2) is 43.9 Å². The number of carboxylic acids is 1. The molecule has 0 bridgehead atoms. The Morgan fingerprint density at radius 1 is 1.22 bits per heavy atom. The normalized spacial score (nSPS) is 16.3. The second kappa shape index (κ2) is 5.64. The first kappa shape index (κ1) is 14.2. The predicted octanol–water partition coefficient (Wildman–Crippen LogP) is 1.51. The molecule has 2 aliphatic rings. The number of aliphatic carboxylic acids is 1. The Morgan fingerprint density at radius 2 is 2.09 bits per heavy atom. The van der Waals surface area contributed by atoms with E-state index in [0.29, 0.717) is 6.54 Å². The van der Waals surface area contributed by atoms with Crippen molar-refractivity contribution in [2.45, 2.75) is 38.6 Å². The van der Waals surface area contributed by atoms with Gasteiger partial charge in [0.05, 0.1) is 18.7 Å². The molecule has 23 heavy (non-hydrogen) atoms. The Labute approximate surface area is 134 Å². The Bertz CT molecular complexity index is 751. The summed E-state index contributed by atoms with van der Waals surface area (Å²) in [6, 6.07) is 1.92. The predicted molar refractivity (Wildman–Crippen MR) is 84.4 cm³/mol. The highest BCUT2D eigenvalue weighted by Crippen LogP contribution is 2.31. The molecule has 0 aromatic carbocycles. The summed E-state index contributed by atoms with van der Waals surface area (Å²) < 4.78 is 1.68. The average molecular weight is 313 g/mol. The van der Waals surface area contributed by atoms with Crippen molar-refractivity contribution in [2.75, 3.05) is 18.0 Å². The fourth-order valence-corrected chi connectivity index (χ4v) is 3.11. The lowest BCUT2D eigenvalue weighted by Crippen LogP contribution is -2.38. The summed E-state index contributed by atoms with van der Waals surface area (Å²) in [6.45, 7) is 2.41. The number of hydrogen-bond donors (Lipinski definition) is 1. The molecule has 2 aromatic rings. The van der Waals surface area contributed by atoms with Crippen LogP contribution < -0.4 is 4.90 Å². The fourth-order valence-electron chi connectivity index (χ4n) is 3.11. The molecule has 0 spiro atoms. The van der Waals surface area contributed by atoms with Crippen LogP contribution >= 0.6 is 0 Å². The van der Waals surface area contributed by atoms with E-state index in [9.17, 15) is 4.79 Å². The van der Waals surface area contributed by atoms with Gasteiger partial charge < -0.3 is 10.0 Å². The van der Waals surface area contributed by atoms with E-state index >= 15 is 0 Å². The minimum absolute atomic E-state index is 0.0715. The summed E-state index contributed by atoms with van der Waals surface area (Å²) in [6.07, 6.45) is 6.20. The number of hydrogen-bond acceptors (Lipinski definition) is 5. The summed E-state index contributed by atoms with van der Waals surface area (Å²) in [7, 11) is 0. The van der Waals surface area contributed by atoms with Crippen LogP contribution in [0.15, 0.2) is 12.3 Å². The van der Waals surface area contributed by atoms with Gasteiger partial charge in [0.2, 0.25) is 5.95 Å². The summed E-state index contributed by atoms with van der Waals surface area (Å²) in [4.78, 5) is 22.4. The second-order valence-electron chi connectivity index (χ2n) is 6.10. The first-order valence-electron chi connectivity index (χ1n) is 8.11. The van der Waals surface area contributed by atoms with Gasteiger partial charge in [-0.15, -0.1) is 0 Å². The number of anilines is 1. The Hall–Kier alpha value is -2.44. The molecule has 0 saturated carbocycles. The monoisotopic (exact) mass is 313 g/mol. The molecule has 120 valence electrons. The van der Waals surface area contributed by atoms with E-state index in [1.807, 2.05) is 12.3 Å². The Balaban J connectivity index is 1.67. The number of carbonyl (C=O) groups is 1. The van der Waals surface area contributed by atoms with Crippen LogP contribution in [0.2, 0.25) is 0 Å². The van der Waals surface area contributed by atoms with Crippen LogP contribution in [0.25, 0.3) is 11.4 Å². The maximum atomic E-state index is 10.7. The molecule has 1 saturated heterocycles. The zero-order valence-electron chi connectivity index (χ0n) is 12.9. The van der Waals surface area contributed by atoms with Gasteiger partial charge in [-0.1, -0.05) is 0 Å². The Morgan fingerprint density at radius 3 is 2.83 bits per heavy atom. The fraction of sp³-hybridized carbons (Fsp3) is 0.500. The molecule has 1 aliphatic carbocycles. The molecule has 2 aromatic heterocycles. The molecule has 0 radical (unpaired) electrons. The summed E-state index contributed by atoms with van der Waals surface area (Å²) in [5.74, 6) is -0.00275. The smallest absolute Gasteiger partial charge is 0.305 e. The average Bonchev–Trinajstić information content (AvgIpc) is 3.11. The number of rotatable bonds is 5. The zero-order valence-corrected chi connectivity index (χ0v) is 12.9. The van der Waals surface area contributed by atoms with Crippen molar-refractivity contribution in [3.8, 4) is 11.4 Å². The van der Waals surface area contributed by atoms with E-state index in [0.717, 1.165) is 55.4 Å². The van der Waals surface area contributed by atoms with E-state index < -0.39 is 5.97 Å². The number of aryl methyl sites for hydroxylation is 2. The van der Waals surface area contributed by atoms with Gasteiger partial charge in [-0.25, -0.2) is 9.97 Å². The van der Waals surface area contributed by atoms with E-state index in [-0.39, 0.29) is 6.42 Å². The molecule has 7 nitrogen and oxygen atoms in total. The van der Waals surface area contributed by atoms with Crippen LogP contribution in [0.1, 0.15) is 30.5 Å². The van der Waals surface area contributed by atoms with E-state index in [1.54, 1.807) is 4.68 Å². The number of aromatic nitrogens is 4. The van der Waals surface area contributed by atoms with Gasteiger partial charge in [0.15, 0.2) is 0 Å². The van der Waals surface area contributed by atoms with Crippen LogP contribution in [0, 0.1) is 0 Å². The van der Waals surface area contributed by atoms with Crippen LogP contribution in [0.4, 0.5) is 5.95 Å². The van der Waals surface area contributed by atoms with Gasteiger partial charge in [-0.05, 0) is 31.7 Å². The third kappa shape index (κ3) is 2.67. The standard InChI is InChI=1S/C16H19N5O2/c22-14(23)6-10-21-9-5-13(19-21)15-11-3-1-4-12(11)17-16(18-15)20-7-2-8-20/h5,9H,1-4,6-8,10H2,(H,22,23). The van der Waals surface area contributed by atoms with Crippen molar-refractivity contribution in [1.29, 1.82) is 0 Å². The Kier molecular flexibility index (Phi) is 3.48. The molecular formula is C16H19N5O2. The molecule has 1 fully saturated rings. The quantitative estimate of drug-likeness (QED) is 0.901. The highest BCUT2D eigenvalue weighted by Gasteiger charge is 2.25. The van der Waals surface area contributed by atoms with Gasteiger partial charge in [-0.2, -0.15) is 5.10 Å². The lowest BCUT2D eigenvalue weighted by Gasteiger charge is -2.31. The molecule has 7 heteroatoms. The third-order valence-electron chi connectivity index (χ3n) is 4.50. The molecule has 3 heterocycles. The van der Waals surface area contributed by atoms with Crippen LogP contribution in [0.5, 0.6) is 0 Å². The molecule has 0 atom stereocenters. The van der Waals surface area contributed by atoms with Crippen molar-refractivity contribution in [3.05, 3.63) is 23.5 Å². The number of carboxylic acid groups (broad SMARTS) is 1. The second-order valence-corrected chi connectivity index (χ2v) is 6.10. The molecule has 1 aliphatic heterocycles. The topological polar surface area (TPSA) is 84.1 Å². The van der Waals surface area contributed by atoms with Crippen LogP contribution in [0.3, 0.4) is 0 Å². The van der Waals surface area contributed by atoms with Gasteiger partial charge in [0, 0.05) is 30.5 Å². The van der Waals surface area contributed by atoms with Gasteiger partial charge >= 0.3 is 5.97 Å². The van der Waals surface area contributed by atoms with Crippen molar-refractivity contribution in [2.24, 2.45) is 0 Å². The van der Waals surface area contributed by atoms with E-state index in [4.69, 9.17) is 15.1 Å². The zero-order chi connectivity index (χ0) is 15.8. The first-order chi connectivity index (χ1) is 11.2. The molecule has 1 N–H and O–H groups in total. The van der Waals surface area contributed by atoms with Crippen molar-refractivity contribution in [3.63, 3.8) is 0 Å². The summed E-state index contributed by atoms with van der Waals surface area (Å²) in [5, 5.41) is 13.3. The lowest BCUT2D eigenvalue weighted by atomic mass is 10.1. The lowest BCUT2D eigenvalue weighted by molar-refractivity contribution is -0.137. The van der Waals surface area contributed by atoms with Crippen molar-refractivity contribution >= 4 is 11.9 Å². The highest BCUT2D eigenvalue weighted by molar-refractivity contribution is 5.66. The maximum Gasteiger partial charge on any atom is 0.305 e. The summed E-state index contributed by atoms with van der Waals surface area (Å²) >= 11 is 0. The minimum atomic E-state index is -0.815. The summed E-state index contributed by atoms with van der Waals surface area (Å²) in [5.41, 5.74) is 4.09. The highest BCUT2D eigenvalue weighted by atomic mass is 16.4. The van der Waals surface area contributed by atoms with E-state index in [2.05, 4.69) is 10.00 Å². The first-order valence-corrected chi connectivity index (χ1v) is 8.11. The van der Waals surface area contributed by atoms with Gasteiger partial charge in [0.1, 0.15) is 5.69 Å². The van der Waals surface area contributed by atoms with Gasteiger partial charge in [-0.3, -0.25) is 9.48 Å². The third-order valence-corrected chi connectivity index (χ3v) is 4.50. The largest absolute Gasteiger partial charge is 0.481 e. The molecule has 4 rings (SSSR count). The number of nitrogens with zero attached hydrogens (tertiary/aromatic N) is 5. The maximum absolute atomic E-state index is 10.7. The minimum Gasteiger partial charge on any atom is -0.481 e. The molecular weight excluding hydrogens is 294 g/mol. The van der Waals surface area contributed by atoms with Crippen molar-refractivity contribution < 1.29 is 9.90 Å². The number of fused-ring (bicyclic) bond motifs is 1. The van der Waals surface area contributed by atoms with Crippen molar-refractivity contribution in [1.82, 2.24) is 19.7 Å². The van der Waals surface area contributed by atoms with Crippen LogP contribution in [-0.2, 0) is 24.2 Å². The molecule has 0 unspecified atom stereocenters. The van der Waals surface area contributed by atoms with Gasteiger partial charge in [0.25, 0.3) is 0 Å². The molecule has 0 amide bonds. The van der Waals surface area contributed by atoms with E-state index in [1.165, 1.54) is 12.0 Å². The SMILES string of the molecule is O=C(O)CCn1ccc(-c2nc(N3CCC3)nc3c2CCC3)n1.